The number of Topliss-reactive ketones (excluding diaryl/α,β-unsaturated/α-hetero) is 1. The molecule has 2 aliphatic heterocycles. The predicted molar refractivity (Wildman–Crippen MR) is 89.9 cm³/mol. The standard InChI is InChI=1S/C18H24O4S/c1-11-8-17(22-3)12(2)7-16(11)18(19)13-9-14-5-4-6-15(10-13)23(14,20)21/h7-8,13-15H,4-6,9-10H2,1-3H3. The van der Waals surface area contributed by atoms with Gasteiger partial charge in [-0.05, 0) is 62.8 Å². The Balaban J connectivity index is 1.89. The molecule has 0 spiro atoms. The van der Waals surface area contributed by atoms with Crippen LogP contribution >= 0.6 is 0 Å². The van der Waals surface area contributed by atoms with Gasteiger partial charge in [-0.15, -0.1) is 0 Å². The zero-order chi connectivity index (χ0) is 16.8. The zero-order valence-electron chi connectivity index (χ0n) is 14.0. The van der Waals surface area contributed by atoms with Crippen LogP contribution in [0.15, 0.2) is 12.1 Å². The second-order valence-corrected chi connectivity index (χ2v) is 9.44. The molecule has 23 heavy (non-hydrogen) atoms. The zero-order valence-corrected chi connectivity index (χ0v) is 14.8. The first-order valence-corrected chi connectivity index (χ1v) is 9.87. The van der Waals surface area contributed by atoms with Gasteiger partial charge in [0.25, 0.3) is 0 Å². The van der Waals surface area contributed by atoms with E-state index in [-0.39, 0.29) is 22.2 Å². The highest BCUT2D eigenvalue weighted by atomic mass is 32.2. The van der Waals surface area contributed by atoms with Crippen molar-refractivity contribution in [3.05, 3.63) is 28.8 Å². The molecular weight excluding hydrogens is 312 g/mol. The summed E-state index contributed by atoms with van der Waals surface area (Å²) in [6.07, 6.45) is 3.37. The average molecular weight is 336 g/mol. The summed E-state index contributed by atoms with van der Waals surface area (Å²) < 4.78 is 30.1. The van der Waals surface area contributed by atoms with Crippen LogP contribution in [0.4, 0.5) is 0 Å². The monoisotopic (exact) mass is 336 g/mol. The molecule has 0 aromatic heterocycles. The first-order chi connectivity index (χ1) is 10.8. The van der Waals surface area contributed by atoms with Crippen LogP contribution in [-0.2, 0) is 9.84 Å². The molecule has 0 N–H and O–H groups in total. The number of benzene rings is 1. The molecule has 2 bridgehead atoms. The van der Waals surface area contributed by atoms with Crippen LogP contribution in [0.1, 0.15) is 53.6 Å². The molecule has 2 heterocycles. The highest BCUT2D eigenvalue weighted by Gasteiger charge is 2.46. The average Bonchev–Trinajstić information content (AvgIpc) is 2.47. The van der Waals surface area contributed by atoms with E-state index in [4.69, 9.17) is 4.74 Å². The molecule has 5 heteroatoms. The molecule has 2 fully saturated rings. The minimum absolute atomic E-state index is 0.0973. The van der Waals surface area contributed by atoms with Crippen molar-refractivity contribution >= 4 is 15.6 Å². The fourth-order valence-corrected chi connectivity index (χ4v) is 6.65. The van der Waals surface area contributed by atoms with E-state index in [1.165, 1.54) is 0 Å². The molecule has 126 valence electrons. The summed E-state index contributed by atoms with van der Waals surface area (Å²) in [4.78, 5) is 13.0. The van der Waals surface area contributed by atoms with E-state index in [2.05, 4.69) is 0 Å². The van der Waals surface area contributed by atoms with Crippen LogP contribution in [0.5, 0.6) is 5.75 Å². The Hall–Kier alpha value is -1.36. The minimum atomic E-state index is -3.02. The molecule has 0 saturated carbocycles. The number of ketones is 1. The summed E-state index contributed by atoms with van der Waals surface area (Å²) in [5.74, 6) is 0.711. The van der Waals surface area contributed by atoms with Crippen LogP contribution in [0.3, 0.4) is 0 Å². The first-order valence-electron chi connectivity index (χ1n) is 8.26. The van der Waals surface area contributed by atoms with Crippen molar-refractivity contribution in [2.24, 2.45) is 5.92 Å². The quantitative estimate of drug-likeness (QED) is 0.795. The lowest BCUT2D eigenvalue weighted by molar-refractivity contribution is 0.0893. The molecule has 0 amide bonds. The van der Waals surface area contributed by atoms with Gasteiger partial charge in [-0.3, -0.25) is 4.79 Å². The SMILES string of the molecule is COc1cc(C)c(C(=O)C2CC3CCCC(C2)S3(=O)=O)cc1C. The summed E-state index contributed by atoms with van der Waals surface area (Å²) in [6, 6.07) is 3.78. The number of carbonyl (C=O) groups is 1. The van der Waals surface area contributed by atoms with Crippen molar-refractivity contribution in [3.63, 3.8) is 0 Å². The van der Waals surface area contributed by atoms with E-state index < -0.39 is 9.84 Å². The van der Waals surface area contributed by atoms with E-state index in [0.717, 1.165) is 23.3 Å². The van der Waals surface area contributed by atoms with Gasteiger partial charge in [0.05, 0.1) is 17.6 Å². The van der Waals surface area contributed by atoms with Gasteiger partial charge in [-0.2, -0.15) is 0 Å². The van der Waals surface area contributed by atoms with Crippen LogP contribution in [0.25, 0.3) is 0 Å². The summed E-state index contributed by atoms with van der Waals surface area (Å²) in [6.45, 7) is 3.84. The molecule has 2 atom stereocenters. The van der Waals surface area contributed by atoms with Gasteiger partial charge in [0.15, 0.2) is 15.6 Å². The van der Waals surface area contributed by atoms with Crippen LogP contribution in [0, 0.1) is 19.8 Å². The Morgan fingerprint density at radius 3 is 2.26 bits per heavy atom. The Kier molecular flexibility index (Phi) is 4.25. The van der Waals surface area contributed by atoms with Crippen molar-refractivity contribution < 1.29 is 17.9 Å². The van der Waals surface area contributed by atoms with Crippen molar-refractivity contribution in [3.8, 4) is 5.75 Å². The van der Waals surface area contributed by atoms with E-state index in [0.29, 0.717) is 31.2 Å². The first kappa shape index (κ1) is 16.5. The second-order valence-electron chi connectivity index (χ2n) is 6.93. The number of aryl methyl sites for hydroxylation is 2. The minimum Gasteiger partial charge on any atom is -0.496 e. The summed E-state index contributed by atoms with van der Waals surface area (Å²) in [7, 11) is -1.39. The number of sulfone groups is 1. The number of methoxy groups -OCH3 is 1. The lowest BCUT2D eigenvalue weighted by Crippen LogP contribution is -2.45. The third kappa shape index (κ3) is 2.80. The maximum Gasteiger partial charge on any atom is 0.166 e. The second kappa shape index (κ2) is 5.93. The molecule has 1 aromatic rings. The number of hydrogen-bond acceptors (Lipinski definition) is 4. The van der Waals surface area contributed by atoms with Gasteiger partial charge in [-0.25, -0.2) is 8.42 Å². The van der Waals surface area contributed by atoms with Crippen LogP contribution < -0.4 is 4.74 Å². The maximum absolute atomic E-state index is 13.0. The Morgan fingerprint density at radius 2 is 1.70 bits per heavy atom. The topological polar surface area (TPSA) is 60.4 Å². The van der Waals surface area contributed by atoms with E-state index in [9.17, 15) is 13.2 Å². The van der Waals surface area contributed by atoms with Crippen molar-refractivity contribution in [1.29, 1.82) is 0 Å². The molecular formula is C18H24O4S. The predicted octanol–water partition coefficient (Wildman–Crippen LogP) is 3.24. The summed E-state index contributed by atoms with van der Waals surface area (Å²) >= 11 is 0. The number of rotatable bonds is 3. The number of ether oxygens (including phenoxy) is 1. The lowest BCUT2D eigenvalue weighted by Gasteiger charge is -2.38. The number of carbonyl (C=O) groups excluding carboxylic acids is 1. The molecule has 3 rings (SSSR count). The highest BCUT2D eigenvalue weighted by molar-refractivity contribution is 7.92. The maximum atomic E-state index is 13.0. The largest absolute Gasteiger partial charge is 0.496 e. The Bertz CT molecular complexity index is 716. The third-order valence-electron chi connectivity index (χ3n) is 5.45. The summed E-state index contributed by atoms with van der Waals surface area (Å²) in [5.41, 5.74) is 2.55. The van der Waals surface area contributed by atoms with E-state index in [1.54, 1.807) is 7.11 Å². The Morgan fingerprint density at radius 1 is 1.09 bits per heavy atom. The van der Waals surface area contributed by atoms with Gasteiger partial charge in [0.2, 0.25) is 0 Å². The van der Waals surface area contributed by atoms with Gasteiger partial charge in [0.1, 0.15) is 5.75 Å². The molecule has 2 saturated heterocycles. The molecule has 2 unspecified atom stereocenters. The van der Waals surface area contributed by atoms with Crippen molar-refractivity contribution in [1.82, 2.24) is 0 Å². The summed E-state index contributed by atoms with van der Waals surface area (Å²) in [5, 5.41) is -0.632. The van der Waals surface area contributed by atoms with Gasteiger partial charge in [0, 0.05) is 11.5 Å². The lowest BCUT2D eigenvalue weighted by atomic mass is 9.83. The highest BCUT2D eigenvalue weighted by Crippen LogP contribution is 2.41. The molecule has 1 aromatic carbocycles. The number of hydrogen-bond donors (Lipinski definition) is 0. The van der Waals surface area contributed by atoms with E-state index >= 15 is 0 Å². The van der Waals surface area contributed by atoms with Gasteiger partial charge >= 0.3 is 0 Å². The third-order valence-corrected chi connectivity index (χ3v) is 8.17. The molecule has 4 nitrogen and oxygen atoms in total. The molecule has 2 aliphatic rings. The van der Waals surface area contributed by atoms with Crippen molar-refractivity contribution in [2.75, 3.05) is 7.11 Å². The normalized spacial score (nSPS) is 29.1. The number of fused-ring (bicyclic) bond motifs is 2. The Labute approximate surface area is 138 Å². The molecule has 0 radical (unpaired) electrons. The fourth-order valence-electron chi connectivity index (χ4n) is 4.12. The van der Waals surface area contributed by atoms with Crippen molar-refractivity contribution in [2.45, 2.75) is 56.5 Å². The van der Waals surface area contributed by atoms with Gasteiger partial charge < -0.3 is 4.74 Å². The van der Waals surface area contributed by atoms with E-state index in [1.807, 2.05) is 26.0 Å². The van der Waals surface area contributed by atoms with Gasteiger partial charge in [-0.1, -0.05) is 6.42 Å². The van der Waals surface area contributed by atoms with Crippen LogP contribution in [-0.4, -0.2) is 31.8 Å². The smallest absolute Gasteiger partial charge is 0.166 e. The van der Waals surface area contributed by atoms with Crippen LogP contribution in [0.2, 0.25) is 0 Å². The molecule has 0 aliphatic carbocycles. The fraction of sp³-hybridized carbons (Fsp3) is 0.611.